The van der Waals surface area contributed by atoms with E-state index in [1.165, 1.54) is 7.11 Å². The first-order valence-corrected chi connectivity index (χ1v) is 3.89. The summed E-state index contributed by atoms with van der Waals surface area (Å²) >= 11 is 0. The molecule has 0 aromatic rings. The molecule has 0 saturated heterocycles. The molecule has 0 bridgehead atoms. The Morgan fingerprint density at radius 3 is 2.25 bits per heavy atom. The Balaban J connectivity index is 4.65. The molecule has 0 saturated carbocycles. The molecule has 0 aliphatic heterocycles. The van der Waals surface area contributed by atoms with Gasteiger partial charge in [-0.2, -0.15) is 0 Å². The normalized spacial score (nSPS) is 10.1. The van der Waals surface area contributed by atoms with E-state index in [9.17, 15) is 4.79 Å². The van der Waals surface area contributed by atoms with Crippen LogP contribution in [0.4, 0.5) is 0 Å². The zero-order chi connectivity index (χ0) is 9.78. The van der Waals surface area contributed by atoms with E-state index >= 15 is 0 Å². The van der Waals surface area contributed by atoms with Gasteiger partial charge in [-0.3, -0.25) is 4.79 Å². The van der Waals surface area contributed by atoms with Crippen LogP contribution < -0.4 is 0 Å². The molecule has 0 unspecified atom stereocenters. The molecule has 0 aliphatic rings. The van der Waals surface area contributed by atoms with Crippen LogP contribution in [0.5, 0.6) is 0 Å². The van der Waals surface area contributed by atoms with E-state index in [1.54, 1.807) is 19.9 Å². The summed E-state index contributed by atoms with van der Waals surface area (Å²) < 4.78 is 4.63. The van der Waals surface area contributed by atoms with Gasteiger partial charge in [-0.1, -0.05) is 0 Å². The first kappa shape index (κ1) is 11.0. The van der Waals surface area contributed by atoms with Gasteiger partial charge in [-0.25, -0.2) is 0 Å². The molecule has 0 aromatic heterocycles. The van der Waals surface area contributed by atoms with E-state index in [4.69, 9.17) is 0 Å². The molecule has 0 rings (SSSR count). The maximum atomic E-state index is 11.1. The molecule has 2 heteroatoms. The molecule has 0 N–H and O–H groups in total. The monoisotopic (exact) mass is 168 g/mol. The van der Waals surface area contributed by atoms with E-state index in [-0.39, 0.29) is 5.97 Å². The topological polar surface area (TPSA) is 26.3 Å². The maximum Gasteiger partial charge on any atom is 0.315 e. The standard InChI is InChI=1S/C10H16O2/c1-8(2)6-7-10(3,4)9(11)12-5/h7H,1-5H3. The van der Waals surface area contributed by atoms with Crippen molar-refractivity contribution in [2.24, 2.45) is 5.41 Å². The Labute approximate surface area is 73.9 Å². The highest BCUT2D eigenvalue weighted by atomic mass is 16.5. The number of esters is 1. The van der Waals surface area contributed by atoms with E-state index < -0.39 is 5.41 Å². The molecular weight excluding hydrogens is 152 g/mol. The third-order valence-electron chi connectivity index (χ3n) is 1.43. The molecule has 12 heavy (non-hydrogen) atoms. The first-order chi connectivity index (χ1) is 5.40. The summed E-state index contributed by atoms with van der Waals surface area (Å²) in [4.78, 5) is 11.1. The summed E-state index contributed by atoms with van der Waals surface area (Å²) in [5.74, 6) is -0.240. The number of ether oxygens (including phenoxy) is 1. The molecule has 0 radical (unpaired) electrons. The second-order valence-electron chi connectivity index (χ2n) is 3.50. The van der Waals surface area contributed by atoms with Gasteiger partial charge in [0.1, 0.15) is 0 Å². The van der Waals surface area contributed by atoms with Gasteiger partial charge in [0.2, 0.25) is 0 Å². The fourth-order valence-electron chi connectivity index (χ4n) is 0.647. The Hall–Kier alpha value is -1.01. The number of methoxy groups -OCH3 is 1. The lowest BCUT2D eigenvalue weighted by atomic mass is 9.93. The fourth-order valence-corrected chi connectivity index (χ4v) is 0.647. The van der Waals surface area contributed by atoms with Crippen LogP contribution >= 0.6 is 0 Å². The summed E-state index contributed by atoms with van der Waals surface area (Å²) in [6.07, 6.45) is 1.73. The molecule has 0 amide bonds. The van der Waals surface area contributed by atoms with Crippen molar-refractivity contribution < 1.29 is 9.53 Å². The third-order valence-corrected chi connectivity index (χ3v) is 1.43. The van der Waals surface area contributed by atoms with Gasteiger partial charge in [0.25, 0.3) is 0 Å². The van der Waals surface area contributed by atoms with Crippen molar-refractivity contribution in [1.82, 2.24) is 0 Å². The first-order valence-electron chi connectivity index (χ1n) is 3.89. The van der Waals surface area contributed by atoms with Crippen LogP contribution in [0.15, 0.2) is 17.4 Å². The molecule has 0 aliphatic carbocycles. The van der Waals surface area contributed by atoms with Crippen LogP contribution in [-0.2, 0) is 9.53 Å². The Morgan fingerprint density at radius 1 is 1.42 bits per heavy atom. The largest absolute Gasteiger partial charge is 0.468 e. The lowest BCUT2D eigenvalue weighted by Gasteiger charge is -2.14. The van der Waals surface area contributed by atoms with E-state index in [0.717, 1.165) is 5.57 Å². The van der Waals surface area contributed by atoms with Crippen LogP contribution in [0.25, 0.3) is 0 Å². The SMILES string of the molecule is COC(=O)C(C)(C)C=C=C(C)C. The van der Waals surface area contributed by atoms with Crippen LogP contribution in [0, 0.1) is 5.41 Å². The minimum Gasteiger partial charge on any atom is -0.468 e. The quantitative estimate of drug-likeness (QED) is 0.467. The maximum absolute atomic E-state index is 11.1. The van der Waals surface area contributed by atoms with Crippen molar-refractivity contribution in [1.29, 1.82) is 0 Å². The minimum atomic E-state index is -0.577. The second-order valence-corrected chi connectivity index (χ2v) is 3.50. The van der Waals surface area contributed by atoms with Crippen molar-refractivity contribution in [2.45, 2.75) is 27.7 Å². The number of carbonyl (C=O) groups excluding carboxylic acids is 1. The van der Waals surface area contributed by atoms with Crippen molar-refractivity contribution in [3.63, 3.8) is 0 Å². The summed E-state index contributed by atoms with van der Waals surface area (Å²) in [6, 6.07) is 0. The lowest BCUT2D eigenvalue weighted by molar-refractivity contribution is -0.148. The van der Waals surface area contributed by atoms with Gasteiger partial charge in [-0.15, -0.1) is 5.73 Å². The Kier molecular flexibility index (Phi) is 3.78. The molecule has 68 valence electrons. The molecule has 0 aromatic carbocycles. The second kappa shape index (κ2) is 4.13. The predicted molar refractivity (Wildman–Crippen MR) is 48.7 cm³/mol. The fraction of sp³-hybridized carbons (Fsp3) is 0.600. The van der Waals surface area contributed by atoms with Crippen molar-refractivity contribution >= 4 is 5.97 Å². The number of carbonyl (C=O) groups is 1. The van der Waals surface area contributed by atoms with Crippen LogP contribution in [-0.4, -0.2) is 13.1 Å². The van der Waals surface area contributed by atoms with Crippen LogP contribution in [0.1, 0.15) is 27.7 Å². The highest BCUT2D eigenvalue weighted by molar-refractivity contribution is 5.77. The molecule has 0 atom stereocenters. The number of hydrogen-bond donors (Lipinski definition) is 0. The molecule has 2 nitrogen and oxygen atoms in total. The van der Waals surface area contributed by atoms with Gasteiger partial charge in [0, 0.05) is 0 Å². The zero-order valence-corrected chi connectivity index (χ0v) is 8.39. The molecule has 0 spiro atoms. The Bertz CT molecular complexity index is 226. The van der Waals surface area contributed by atoms with Crippen molar-refractivity contribution in [3.05, 3.63) is 17.4 Å². The van der Waals surface area contributed by atoms with Crippen LogP contribution in [0.2, 0.25) is 0 Å². The van der Waals surface area contributed by atoms with Gasteiger partial charge in [-0.05, 0) is 39.3 Å². The number of hydrogen-bond acceptors (Lipinski definition) is 2. The molecule has 0 fully saturated rings. The molecular formula is C10H16O2. The lowest BCUT2D eigenvalue weighted by Crippen LogP contribution is -2.22. The zero-order valence-electron chi connectivity index (χ0n) is 8.39. The summed E-state index contributed by atoms with van der Waals surface area (Å²) in [5.41, 5.74) is 3.46. The van der Waals surface area contributed by atoms with E-state index in [0.29, 0.717) is 0 Å². The van der Waals surface area contributed by atoms with Gasteiger partial charge in [0.05, 0.1) is 12.5 Å². The molecule has 0 heterocycles. The summed E-state index contributed by atoms with van der Waals surface area (Å²) in [6.45, 7) is 7.47. The van der Waals surface area contributed by atoms with Crippen molar-refractivity contribution in [3.8, 4) is 0 Å². The third kappa shape index (κ3) is 3.40. The predicted octanol–water partition coefficient (Wildman–Crippen LogP) is 2.31. The Morgan fingerprint density at radius 2 is 1.92 bits per heavy atom. The highest BCUT2D eigenvalue weighted by Crippen LogP contribution is 2.18. The number of rotatable bonds is 2. The van der Waals surface area contributed by atoms with Gasteiger partial charge < -0.3 is 4.74 Å². The smallest absolute Gasteiger partial charge is 0.315 e. The van der Waals surface area contributed by atoms with E-state index in [2.05, 4.69) is 10.5 Å². The summed E-state index contributed by atoms with van der Waals surface area (Å²) in [7, 11) is 1.39. The highest BCUT2D eigenvalue weighted by Gasteiger charge is 2.24. The average molecular weight is 168 g/mol. The minimum absolute atomic E-state index is 0.240. The van der Waals surface area contributed by atoms with E-state index in [1.807, 2.05) is 13.8 Å². The summed E-state index contributed by atoms with van der Waals surface area (Å²) in [5, 5.41) is 0. The van der Waals surface area contributed by atoms with Gasteiger partial charge >= 0.3 is 5.97 Å². The van der Waals surface area contributed by atoms with Gasteiger partial charge in [0.15, 0.2) is 0 Å². The average Bonchev–Trinajstić information content (AvgIpc) is 1.99. The van der Waals surface area contributed by atoms with Crippen molar-refractivity contribution in [2.75, 3.05) is 7.11 Å². The van der Waals surface area contributed by atoms with Crippen LogP contribution in [0.3, 0.4) is 0 Å².